The van der Waals surface area contributed by atoms with Crippen LogP contribution in [-0.2, 0) is 16.6 Å². The lowest BCUT2D eigenvalue weighted by Crippen LogP contribution is -2.03. The number of carbonyl (C=O) groups excluding carboxylic acids is 2. The number of aromatic nitrogens is 3. The average Bonchev–Trinajstić information content (AvgIpc) is 2.73. The Hall–Kier alpha value is -1.75. The Morgan fingerprint density at radius 1 is 1.38 bits per heavy atom. The van der Waals surface area contributed by atoms with Crippen LogP contribution in [-0.4, -0.2) is 26.3 Å². The molecule has 82 valence electrons. The maximum absolute atomic E-state index is 11.6. The Morgan fingerprint density at radius 2 is 2.06 bits per heavy atom. The molecule has 0 atom stereocenters. The number of hydrogen-bond donors (Lipinski definition) is 0. The van der Waals surface area contributed by atoms with Gasteiger partial charge in [-0.05, 0) is 13.0 Å². The highest BCUT2D eigenvalue weighted by atomic mass is 35.5. The van der Waals surface area contributed by atoms with Crippen molar-refractivity contribution in [2.75, 3.05) is 0 Å². The third-order valence-corrected chi connectivity index (χ3v) is 2.70. The summed E-state index contributed by atoms with van der Waals surface area (Å²) in [6.45, 7) is 1.52. The maximum atomic E-state index is 11.6. The third-order valence-electron chi connectivity index (χ3n) is 2.25. The Labute approximate surface area is 96.4 Å². The van der Waals surface area contributed by atoms with E-state index in [-0.39, 0.29) is 22.0 Å². The molecule has 2 rings (SSSR count). The fourth-order valence-electron chi connectivity index (χ4n) is 1.38. The standard InChI is InChI=1S/C10H8ClN3O2/c1-5-8(11)10(16)6(9(5)15)3-7-12-4-14(2)13-7/h3-4H,1-2H3/b6-3+. The van der Waals surface area contributed by atoms with Crippen molar-refractivity contribution in [3.63, 3.8) is 0 Å². The normalized spacial score (nSPS) is 19.1. The van der Waals surface area contributed by atoms with Gasteiger partial charge in [-0.2, -0.15) is 5.10 Å². The lowest BCUT2D eigenvalue weighted by molar-refractivity contribution is -0.115. The number of allylic oxidation sites excluding steroid dienone is 3. The number of carbonyl (C=O) groups is 2. The SMILES string of the molecule is CC1=C(Cl)C(=O)/C(=C/c2ncn(C)n2)C1=O. The van der Waals surface area contributed by atoms with E-state index >= 15 is 0 Å². The van der Waals surface area contributed by atoms with E-state index in [4.69, 9.17) is 11.6 Å². The van der Waals surface area contributed by atoms with Crippen molar-refractivity contribution in [2.24, 2.45) is 7.05 Å². The van der Waals surface area contributed by atoms with Crippen molar-refractivity contribution >= 4 is 29.2 Å². The molecule has 0 spiro atoms. The molecular weight excluding hydrogens is 230 g/mol. The summed E-state index contributed by atoms with van der Waals surface area (Å²) in [7, 11) is 1.70. The van der Waals surface area contributed by atoms with Gasteiger partial charge in [0.1, 0.15) is 6.33 Å². The number of Topliss-reactive ketones (excluding diaryl/α,β-unsaturated/α-hetero) is 2. The minimum atomic E-state index is -0.461. The molecule has 0 aliphatic heterocycles. The third kappa shape index (κ3) is 1.59. The van der Waals surface area contributed by atoms with Gasteiger partial charge in [-0.3, -0.25) is 14.3 Å². The number of hydrogen-bond acceptors (Lipinski definition) is 4. The minimum absolute atomic E-state index is 0.0211. The summed E-state index contributed by atoms with van der Waals surface area (Å²) in [5, 5.41) is 3.94. The van der Waals surface area contributed by atoms with Crippen LogP contribution in [0.3, 0.4) is 0 Å². The molecule has 0 N–H and O–H groups in total. The molecule has 16 heavy (non-hydrogen) atoms. The van der Waals surface area contributed by atoms with E-state index in [1.807, 2.05) is 0 Å². The molecule has 0 fully saturated rings. The summed E-state index contributed by atoms with van der Waals surface area (Å²) in [6, 6.07) is 0. The van der Waals surface area contributed by atoms with Crippen LogP contribution in [0, 0.1) is 0 Å². The van der Waals surface area contributed by atoms with Crippen molar-refractivity contribution in [1.82, 2.24) is 14.8 Å². The number of aryl methyl sites for hydroxylation is 1. The van der Waals surface area contributed by atoms with Crippen LogP contribution in [0.1, 0.15) is 12.7 Å². The number of halogens is 1. The summed E-state index contributed by atoms with van der Waals surface area (Å²) in [5.41, 5.74) is 0.294. The van der Waals surface area contributed by atoms with Gasteiger partial charge < -0.3 is 0 Å². The first-order valence-corrected chi connectivity index (χ1v) is 4.91. The minimum Gasteiger partial charge on any atom is -0.289 e. The molecule has 0 amide bonds. The number of rotatable bonds is 1. The van der Waals surface area contributed by atoms with E-state index in [1.54, 1.807) is 7.05 Å². The molecule has 0 radical (unpaired) electrons. The average molecular weight is 238 g/mol. The molecule has 1 heterocycles. The first kappa shape index (κ1) is 10.8. The molecular formula is C10H8ClN3O2. The Kier molecular flexibility index (Phi) is 2.47. The van der Waals surface area contributed by atoms with Gasteiger partial charge in [0.25, 0.3) is 0 Å². The Bertz CT molecular complexity index is 528. The smallest absolute Gasteiger partial charge is 0.208 e. The maximum Gasteiger partial charge on any atom is 0.208 e. The van der Waals surface area contributed by atoms with Crippen LogP contribution in [0.15, 0.2) is 22.5 Å². The Morgan fingerprint density at radius 3 is 2.50 bits per heavy atom. The predicted molar refractivity (Wildman–Crippen MR) is 57.5 cm³/mol. The van der Waals surface area contributed by atoms with Gasteiger partial charge in [0.15, 0.2) is 11.6 Å². The monoisotopic (exact) mass is 237 g/mol. The summed E-state index contributed by atoms with van der Waals surface area (Å²) in [5.74, 6) is -0.502. The van der Waals surface area contributed by atoms with Gasteiger partial charge in [0.2, 0.25) is 5.78 Å². The molecule has 1 aromatic rings. The summed E-state index contributed by atoms with van der Waals surface area (Å²) < 4.78 is 1.48. The molecule has 1 aliphatic rings. The fourth-order valence-corrected chi connectivity index (χ4v) is 1.56. The zero-order chi connectivity index (χ0) is 11.9. The molecule has 0 unspecified atom stereocenters. The van der Waals surface area contributed by atoms with E-state index in [2.05, 4.69) is 10.1 Å². The fraction of sp³-hybridized carbons (Fsp3) is 0.200. The Balaban J connectivity index is 2.42. The van der Waals surface area contributed by atoms with E-state index in [1.165, 1.54) is 24.0 Å². The van der Waals surface area contributed by atoms with Gasteiger partial charge in [-0.15, -0.1) is 0 Å². The van der Waals surface area contributed by atoms with Crippen molar-refractivity contribution < 1.29 is 9.59 Å². The van der Waals surface area contributed by atoms with Crippen LogP contribution in [0.5, 0.6) is 0 Å². The van der Waals surface area contributed by atoms with Gasteiger partial charge in [0.05, 0.1) is 10.6 Å². The molecule has 1 aliphatic carbocycles. The van der Waals surface area contributed by atoms with Crippen molar-refractivity contribution in [3.05, 3.63) is 28.3 Å². The van der Waals surface area contributed by atoms with E-state index in [0.29, 0.717) is 5.82 Å². The second kappa shape index (κ2) is 3.68. The second-order valence-corrected chi connectivity index (χ2v) is 3.81. The predicted octanol–water partition coefficient (Wildman–Crippen LogP) is 0.863. The molecule has 0 saturated carbocycles. The largest absolute Gasteiger partial charge is 0.289 e. The van der Waals surface area contributed by atoms with Crippen molar-refractivity contribution in [2.45, 2.75) is 6.92 Å². The molecule has 6 heteroatoms. The number of ketones is 2. The highest BCUT2D eigenvalue weighted by Crippen LogP contribution is 2.27. The van der Waals surface area contributed by atoms with E-state index in [0.717, 1.165) is 0 Å². The van der Waals surface area contributed by atoms with Gasteiger partial charge in [-0.1, -0.05) is 11.6 Å². The summed E-state index contributed by atoms with van der Waals surface area (Å²) in [4.78, 5) is 27.1. The van der Waals surface area contributed by atoms with Crippen LogP contribution in [0.25, 0.3) is 6.08 Å². The van der Waals surface area contributed by atoms with Crippen LogP contribution in [0.4, 0.5) is 0 Å². The van der Waals surface area contributed by atoms with Crippen LogP contribution >= 0.6 is 11.6 Å². The molecule has 0 bridgehead atoms. The molecule has 1 aromatic heterocycles. The van der Waals surface area contributed by atoms with Crippen LogP contribution < -0.4 is 0 Å². The van der Waals surface area contributed by atoms with Crippen molar-refractivity contribution in [1.29, 1.82) is 0 Å². The van der Waals surface area contributed by atoms with Crippen LogP contribution in [0.2, 0.25) is 0 Å². The van der Waals surface area contributed by atoms with Gasteiger partial charge in [-0.25, -0.2) is 4.98 Å². The summed E-state index contributed by atoms with van der Waals surface area (Å²) >= 11 is 5.70. The lowest BCUT2D eigenvalue weighted by atomic mass is 10.1. The van der Waals surface area contributed by atoms with E-state index in [9.17, 15) is 9.59 Å². The quantitative estimate of drug-likeness (QED) is 0.537. The zero-order valence-corrected chi connectivity index (χ0v) is 9.45. The molecule has 5 nitrogen and oxygen atoms in total. The number of nitrogens with zero attached hydrogens (tertiary/aromatic N) is 3. The highest BCUT2D eigenvalue weighted by molar-refractivity contribution is 6.56. The lowest BCUT2D eigenvalue weighted by Gasteiger charge is -1.91. The first-order valence-electron chi connectivity index (χ1n) is 4.54. The first-order chi connectivity index (χ1) is 7.50. The summed E-state index contributed by atoms with van der Waals surface area (Å²) in [6.07, 6.45) is 2.84. The van der Waals surface area contributed by atoms with E-state index < -0.39 is 5.78 Å². The van der Waals surface area contributed by atoms with Gasteiger partial charge >= 0.3 is 0 Å². The topological polar surface area (TPSA) is 64.8 Å². The van der Waals surface area contributed by atoms with Crippen molar-refractivity contribution in [3.8, 4) is 0 Å². The zero-order valence-electron chi connectivity index (χ0n) is 8.69. The second-order valence-electron chi connectivity index (χ2n) is 3.43. The molecule has 0 aromatic carbocycles. The highest BCUT2D eigenvalue weighted by Gasteiger charge is 2.32. The molecule has 0 saturated heterocycles. The van der Waals surface area contributed by atoms with Gasteiger partial charge in [0, 0.05) is 12.6 Å².